The van der Waals surface area contributed by atoms with Gasteiger partial charge >= 0.3 is 0 Å². The largest absolute Gasteiger partial charge is 0.394 e. The molecule has 50 heavy (non-hydrogen) atoms. The SMILES string of the molecule is CCCCCCCC(CCCCC)OCCOCCOCCOCCOCCOCCOCCOCCOCCOCCOCCOCCO. The third-order valence-electron chi connectivity index (χ3n) is 7.30. The van der Waals surface area contributed by atoms with Gasteiger partial charge in [-0.1, -0.05) is 65.2 Å². The summed E-state index contributed by atoms with van der Waals surface area (Å²) in [5, 5.41) is 8.59. The summed E-state index contributed by atoms with van der Waals surface area (Å²) in [5.74, 6) is 0. The van der Waals surface area contributed by atoms with Crippen LogP contribution in [0.3, 0.4) is 0 Å². The fourth-order valence-electron chi connectivity index (χ4n) is 4.55. The molecule has 302 valence electrons. The maximum Gasteiger partial charge on any atom is 0.0704 e. The molecule has 0 fully saturated rings. The second-order valence-electron chi connectivity index (χ2n) is 11.7. The Balaban J connectivity index is 3.23. The molecular weight excluding hydrogens is 652 g/mol. The molecule has 0 aliphatic carbocycles. The van der Waals surface area contributed by atoms with E-state index in [1.54, 1.807) is 0 Å². The molecule has 0 aliphatic heterocycles. The molecule has 0 aliphatic rings. The summed E-state index contributed by atoms with van der Waals surface area (Å²) in [6, 6.07) is 0. The van der Waals surface area contributed by atoms with E-state index in [0.29, 0.717) is 158 Å². The highest BCUT2D eigenvalue weighted by atomic mass is 16.6. The molecule has 0 bridgehead atoms. The lowest BCUT2D eigenvalue weighted by molar-refractivity contribution is -0.0320. The van der Waals surface area contributed by atoms with Crippen LogP contribution in [0.15, 0.2) is 0 Å². The lowest BCUT2D eigenvalue weighted by Crippen LogP contribution is -2.18. The summed E-state index contributed by atoms with van der Waals surface area (Å²) < 4.78 is 66.2. The van der Waals surface area contributed by atoms with E-state index >= 15 is 0 Å². The molecule has 0 rings (SSSR count). The molecular formula is C37H76O13. The highest BCUT2D eigenvalue weighted by Crippen LogP contribution is 2.15. The van der Waals surface area contributed by atoms with Crippen molar-refractivity contribution in [3.05, 3.63) is 0 Å². The maximum absolute atomic E-state index is 8.59. The summed E-state index contributed by atoms with van der Waals surface area (Å²) >= 11 is 0. The molecule has 0 aromatic carbocycles. The average molecular weight is 729 g/mol. The molecule has 1 atom stereocenters. The first-order valence-corrected chi connectivity index (χ1v) is 19.4. The van der Waals surface area contributed by atoms with Gasteiger partial charge in [0.1, 0.15) is 0 Å². The predicted octanol–water partition coefficient (Wildman–Crippen LogP) is 4.49. The minimum Gasteiger partial charge on any atom is -0.394 e. The number of unbranched alkanes of at least 4 members (excludes halogenated alkanes) is 6. The van der Waals surface area contributed by atoms with Crippen LogP contribution in [0.4, 0.5) is 0 Å². The van der Waals surface area contributed by atoms with Gasteiger partial charge in [-0.3, -0.25) is 0 Å². The van der Waals surface area contributed by atoms with Crippen molar-refractivity contribution < 1.29 is 61.9 Å². The topological polar surface area (TPSA) is 131 Å². The van der Waals surface area contributed by atoms with Crippen LogP contribution in [-0.4, -0.2) is 170 Å². The van der Waals surface area contributed by atoms with E-state index in [-0.39, 0.29) is 6.61 Å². The number of ether oxygens (including phenoxy) is 12. The van der Waals surface area contributed by atoms with Crippen LogP contribution >= 0.6 is 0 Å². The van der Waals surface area contributed by atoms with Gasteiger partial charge in [0.15, 0.2) is 0 Å². The third-order valence-corrected chi connectivity index (χ3v) is 7.30. The van der Waals surface area contributed by atoms with Gasteiger partial charge in [-0.15, -0.1) is 0 Å². The number of aliphatic hydroxyl groups excluding tert-OH is 1. The Labute approximate surface area is 304 Å². The van der Waals surface area contributed by atoms with Gasteiger partial charge in [-0.25, -0.2) is 0 Å². The Morgan fingerprint density at radius 1 is 0.300 bits per heavy atom. The minimum atomic E-state index is 0.0268. The van der Waals surface area contributed by atoms with Gasteiger partial charge in [0.2, 0.25) is 0 Å². The van der Waals surface area contributed by atoms with Gasteiger partial charge in [0.25, 0.3) is 0 Å². The Morgan fingerprint density at radius 3 is 0.840 bits per heavy atom. The van der Waals surface area contributed by atoms with Crippen LogP contribution in [0.1, 0.15) is 78.1 Å². The van der Waals surface area contributed by atoms with Crippen LogP contribution < -0.4 is 0 Å². The molecule has 1 unspecified atom stereocenters. The summed E-state index contributed by atoms with van der Waals surface area (Å²) in [6.45, 7) is 16.5. The number of hydrogen-bond donors (Lipinski definition) is 1. The highest BCUT2D eigenvalue weighted by molar-refractivity contribution is 4.60. The molecule has 0 saturated carbocycles. The summed E-state index contributed by atoms with van der Waals surface area (Å²) in [7, 11) is 0. The Hall–Kier alpha value is -0.520. The van der Waals surface area contributed by atoms with Crippen molar-refractivity contribution in [1.29, 1.82) is 0 Å². The zero-order valence-corrected chi connectivity index (χ0v) is 32.0. The smallest absolute Gasteiger partial charge is 0.0704 e. The van der Waals surface area contributed by atoms with E-state index in [1.165, 1.54) is 57.8 Å². The molecule has 0 amide bonds. The standard InChI is InChI=1S/C37H76O13/c1-3-5-7-8-10-12-37(11-9-6-4-2)50-36-35-49-34-33-48-32-31-47-30-29-46-28-27-45-26-25-44-24-23-43-22-21-42-20-19-41-18-17-40-16-15-39-14-13-38/h37-38H,3-36H2,1-2H3. The first-order chi connectivity index (χ1) is 24.8. The number of rotatable bonds is 46. The number of aliphatic hydroxyl groups is 1. The van der Waals surface area contributed by atoms with Crippen LogP contribution in [-0.2, 0) is 56.8 Å². The molecule has 1 N–H and O–H groups in total. The Bertz CT molecular complexity index is 592. The third kappa shape index (κ3) is 43.6. The summed E-state index contributed by atoms with van der Waals surface area (Å²) in [5.41, 5.74) is 0. The molecule has 0 heterocycles. The van der Waals surface area contributed by atoms with Crippen molar-refractivity contribution in [2.75, 3.05) is 159 Å². The molecule has 0 spiro atoms. The van der Waals surface area contributed by atoms with Crippen molar-refractivity contribution in [1.82, 2.24) is 0 Å². The average Bonchev–Trinajstić information content (AvgIpc) is 3.13. The minimum absolute atomic E-state index is 0.0268. The molecule has 13 heteroatoms. The second kappa shape index (κ2) is 46.5. The van der Waals surface area contributed by atoms with Crippen molar-refractivity contribution in [2.24, 2.45) is 0 Å². The summed E-state index contributed by atoms with van der Waals surface area (Å²) in [6.07, 6.45) is 13.0. The maximum atomic E-state index is 8.59. The van der Waals surface area contributed by atoms with Gasteiger partial charge < -0.3 is 61.9 Å². The quantitative estimate of drug-likeness (QED) is 0.0885. The zero-order chi connectivity index (χ0) is 36.1. The summed E-state index contributed by atoms with van der Waals surface area (Å²) in [4.78, 5) is 0. The number of hydrogen-bond acceptors (Lipinski definition) is 13. The first-order valence-electron chi connectivity index (χ1n) is 19.4. The van der Waals surface area contributed by atoms with E-state index in [0.717, 1.165) is 6.42 Å². The molecule has 0 aromatic rings. The van der Waals surface area contributed by atoms with Gasteiger partial charge in [-0.2, -0.15) is 0 Å². The van der Waals surface area contributed by atoms with E-state index < -0.39 is 0 Å². The van der Waals surface area contributed by atoms with Crippen molar-refractivity contribution in [3.63, 3.8) is 0 Å². The van der Waals surface area contributed by atoms with E-state index in [1.807, 2.05) is 0 Å². The van der Waals surface area contributed by atoms with Crippen LogP contribution in [0, 0.1) is 0 Å². The molecule has 0 radical (unpaired) electrons. The highest BCUT2D eigenvalue weighted by Gasteiger charge is 2.09. The normalized spacial score (nSPS) is 12.3. The van der Waals surface area contributed by atoms with E-state index in [4.69, 9.17) is 61.9 Å². The van der Waals surface area contributed by atoms with E-state index in [2.05, 4.69) is 13.8 Å². The Kier molecular flexibility index (Phi) is 46.0. The van der Waals surface area contributed by atoms with Crippen LogP contribution in [0.5, 0.6) is 0 Å². The lowest BCUT2D eigenvalue weighted by Gasteiger charge is -2.18. The molecule has 13 nitrogen and oxygen atoms in total. The van der Waals surface area contributed by atoms with E-state index in [9.17, 15) is 0 Å². The fourth-order valence-corrected chi connectivity index (χ4v) is 4.55. The predicted molar refractivity (Wildman–Crippen MR) is 193 cm³/mol. The van der Waals surface area contributed by atoms with Crippen LogP contribution in [0.2, 0.25) is 0 Å². The van der Waals surface area contributed by atoms with Gasteiger partial charge in [0.05, 0.1) is 165 Å². The van der Waals surface area contributed by atoms with Gasteiger partial charge in [-0.05, 0) is 12.8 Å². The first kappa shape index (κ1) is 49.5. The van der Waals surface area contributed by atoms with Crippen molar-refractivity contribution in [3.8, 4) is 0 Å². The second-order valence-corrected chi connectivity index (χ2v) is 11.7. The van der Waals surface area contributed by atoms with Gasteiger partial charge in [0, 0.05) is 0 Å². The monoisotopic (exact) mass is 729 g/mol. The van der Waals surface area contributed by atoms with Crippen LogP contribution in [0.25, 0.3) is 0 Å². The zero-order valence-electron chi connectivity index (χ0n) is 32.0. The van der Waals surface area contributed by atoms with Crippen molar-refractivity contribution >= 4 is 0 Å². The lowest BCUT2D eigenvalue weighted by atomic mass is 10.0. The Morgan fingerprint density at radius 2 is 0.540 bits per heavy atom. The van der Waals surface area contributed by atoms with Crippen molar-refractivity contribution in [2.45, 2.75) is 84.2 Å². The molecule has 0 saturated heterocycles. The molecule has 0 aromatic heterocycles. The fraction of sp³-hybridized carbons (Fsp3) is 1.00.